The zero-order valence-corrected chi connectivity index (χ0v) is 13.7. The van der Waals surface area contributed by atoms with Gasteiger partial charge in [-0.25, -0.2) is 13.4 Å². The molecular formula is C16H17N3O4S. The topological polar surface area (TPSA) is 98.1 Å². The SMILES string of the molecule is O=C(Cn1cc(-c2ccccc2)ncc1=O)NC1CCS(=O)(=O)C1. The monoisotopic (exact) mass is 347 g/mol. The third kappa shape index (κ3) is 3.88. The highest BCUT2D eigenvalue weighted by atomic mass is 32.2. The number of aromatic nitrogens is 2. The molecule has 2 heterocycles. The van der Waals surface area contributed by atoms with E-state index >= 15 is 0 Å². The first-order valence-corrected chi connectivity index (χ1v) is 9.37. The van der Waals surface area contributed by atoms with E-state index in [1.165, 1.54) is 17.0 Å². The summed E-state index contributed by atoms with van der Waals surface area (Å²) in [4.78, 5) is 28.1. The molecule has 0 aliphatic carbocycles. The lowest BCUT2D eigenvalue weighted by Gasteiger charge is -2.12. The third-order valence-electron chi connectivity index (χ3n) is 3.86. The first-order valence-electron chi connectivity index (χ1n) is 7.55. The number of amides is 1. The van der Waals surface area contributed by atoms with Crippen molar-refractivity contribution in [2.24, 2.45) is 0 Å². The van der Waals surface area contributed by atoms with Gasteiger partial charge >= 0.3 is 0 Å². The van der Waals surface area contributed by atoms with E-state index in [1.807, 2.05) is 30.3 Å². The van der Waals surface area contributed by atoms with Crippen LogP contribution in [0.2, 0.25) is 0 Å². The molecule has 7 nitrogen and oxygen atoms in total. The van der Waals surface area contributed by atoms with Gasteiger partial charge in [-0.05, 0) is 6.42 Å². The summed E-state index contributed by atoms with van der Waals surface area (Å²) in [6.45, 7) is -0.169. The lowest BCUT2D eigenvalue weighted by Crippen LogP contribution is -2.39. The van der Waals surface area contributed by atoms with Gasteiger partial charge in [-0.1, -0.05) is 30.3 Å². The third-order valence-corrected chi connectivity index (χ3v) is 5.62. The van der Waals surface area contributed by atoms with Crippen LogP contribution in [0.1, 0.15) is 6.42 Å². The molecule has 3 rings (SSSR count). The summed E-state index contributed by atoms with van der Waals surface area (Å²) in [6.07, 6.45) is 3.12. The van der Waals surface area contributed by atoms with E-state index in [9.17, 15) is 18.0 Å². The van der Waals surface area contributed by atoms with Crippen molar-refractivity contribution >= 4 is 15.7 Å². The Kier molecular flexibility index (Phi) is 4.48. The van der Waals surface area contributed by atoms with Crippen molar-refractivity contribution in [3.8, 4) is 11.3 Å². The van der Waals surface area contributed by atoms with Crippen LogP contribution in [0.3, 0.4) is 0 Å². The molecule has 1 amide bonds. The van der Waals surface area contributed by atoms with Crippen LogP contribution in [0.5, 0.6) is 0 Å². The van der Waals surface area contributed by atoms with Crippen molar-refractivity contribution in [1.29, 1.82) is 0 Å². The molecule has 1 aromatic carbocycles. The fourth-order valence-corrected chi connectivity index (χ4v) is 4.34. The summed E-state index contributed by atoms with van der Waals surface area (Å²) in [6, 6.07) is 8.94. The minimum atomic E-state index is -3.06. The number of nitrogens with zero attached hydrogens (tertiary/aromatic N) is 2. The number of carbonyl (C=O) groups excluding carboxylic acids is 1. The largest absolute Gasteiger partial charge is 0.351 e. The molecule has 126 valence electrons. The Morgan fingerprint density at radius 2 is 2.04 bits per heavy atom. The van der Waals surface area contributed by atoms with Crippen LogP contribution in [-0.2, 0) is 21.2 Å². The first-order chi connectivity index (χ1) is 11.4. The zero-order valence-electron chi connectivity index (χ0n) is 12.9. The van der Waals surface area contributed by atoms with Crippen LogP contribution in [-0.4, -0.2) is 41.4 Å². The van der Waals surface area contributed by atoms with Gasteiger partial charge in [-0.3, -0.25) is 9.59 Å². The molecule has 1 aromatic heterocycles. The molecule has 24 heavy (non-hydrogen) atoms. The van der Waals surface area contributed by atoms with Gasteiger partial charge in [-0.15, -0.1) is 0 Å². The number of carbonyl (C=O) groups is 1. The van der Waals surface area contributed by atoms with Crippen molar-refractivity contribution in [3.05, 3.63) is 53.1 Å². The van der Waals surface area contributed by atoms with Crippen molar-refractivity contribution < 1.29 is 13.2 Å². The van der Waals surface area contributed by atoms with Crippen molar-refractivity contribution in [2.45, 2.75) is 19.0 Å². The van der Waals surface area contributed by atoms with Gasteiger partial charge < -0.3 is 9.88 Å². The Morgan fingerprint density at radius 3 is 2.71 bits per heavy atom. The smallest absolute Gasteiger partial charge is 0.269 e. The van der Waals surface area contributed by atoms with Gasteiger partial charge in [0.2, 0.25) is 5.91 Å². The molecule has 1 aliphatic heterocycles. The molecule has 1 saturated heterocycles. The number of hydrogen-bond donors (Lipinski definition) is 1. The molecule has 2 aromatic rings. The number of sulfone groups is 1. The average molecular weight is 347 g/mol. The molecule has 1 unspecified atom stereocenters. The molecule has 1 fully saturated rings. The highest BCUT2D eigenvalue weighted by Gasteiger charge is 2.28. The maximum Gasteiger partial charge on any atom is 0.269 e. The average Bonchev–Trinajstić information content (AvgIpc) is 2.89. The molecule has 1 aliphatic rings. The maximum absolute atomic E-state index is 12.1. The van der Waals surface area contributed by atoms with Crippen LogP contribution in [0.25, 0.3) is 11.3 Å². The summed E-state index contributed by atoms with van der Waals surface area (Å²) in [7, 11) is -3.06. The van der Waals surface area contributed by atoms with Crippen molar-refractivity contribution in [1.82, 2.24) is 14.9 Å². The Hall–Kier alpha value is -2.48. The summed E-state index contributed by atoms with van der Waals surface area (Å²) in [5.41, 5.74) is 1.05. The number of nitrogens with one attached hydrogen (secondary N) is 1. The van der Waals surface area contributed by atoms with Gasteiger partial charge in [0, 0.05) is 17.8 Å². The maximum atomic E-state index is 12.1. The standard InChI is InChI=1S/C16H17N3O4S/c20-15(18-13-6-7-24(22,23)11-13)10-19-9-14(17-8-16(19)21)12-4-2-1-3-5-12/h1-5,8-9,13H,6-7,10-11H2,(H,18,20). The second-order valence-corrected chi connectivity index (χ2v) is 8.00. The van der Waals surface area contributed by atoms with E-state index in [1.54, 1.807) is 0 Å². The fraction of sp³-hybridized carbons (Fsp3) is 0.312. The van der Waals surface area contributed by atoms with E-state index in [2.05, 4.69) is 10.3 Å². The quantitative estimate of drug-likeness (QED) is 0.853. The number of hydrogen-bond acceptors (Lipinski definition) is 5. The van der Waals surface area contributed by atoms with E-state index in [4.69, 9.17) is 0 Å². The molecule has 0 spiro atoms. The summed E-state index contributed by atoms with van der Waals surface area (Å²) < 4.78 is 24.1. The van der Waals surface area contributed by atoms with Crippen LogP contribution in [0.4, 0.5) is 0 Å². The van der Waals surface area contributed by atoms with Gasteiger partial charge in [0.1, 0.15) is 6.54 Å². The fourth-order valence-electron chi connectivity index (χ4n) is 2.66. The Morgan fingerprint density at radius 1 is 1.29 bits per heavy atom. The Bertz CT molecular complexity index is 906. The van der Waals surface area contributed by atoms with Crippen LogP contribution >= 0.6 is 0 Å². The predicted molar refractivity (Wildman–Crippen MR) is 89.1 cm³/mol. The van der Waals surface area contributed by atoms with Crippen molar-refractivity contribution in [3.63, 3.8) is 0 Å². The predicted octanol–water partition coefficient (Wildman–Crippen LogP) is 0.214. The molecule has 1 atom stereocenters. The van der Waals surface area contributed by atoms with Gasteiger partial charge in [0.25, 0.3) is 5.56 Å². The van der Waals surface area contributed by atoms with E-state index in [0.29, 0.717) is 12.1 Å². The van der Waals surface area contributed by atoms with Crippen LogP contribution < -0.4 is 10.9 Å². The Balaban J connectivity index is 1.73. The van der Waals surface area contributed by atoms with Gasteiger partial charge in [0.15, 0.2) is 9.84 Å². The highest BCUT2D eigenvalue weighted by Crippen LogP contribution is 2.14. The normalized spacial score (nSPS) is 19.1. The van der Waals surface area contributed by atoms with Crippen LogP contribution in [0, 0.1) is 0 Å². The zero-order chi connectivity index (χ0) is 17.2. The second kappa shape index (κ2) is 6.56. The molecular weight excluding hydrogens is 330 g/mol. The summed E-state index contributed by atoms with van der Waals surface area (Å²) in [5, 5.41) is 2.67. The minimum Gasteiger partial charge on any atom is -0.351 e. The number of rotatable bonds is 4. The van der Waals surface area contributed by atoms with E-state index < -0.39 is 9.84 Å². The minimum absolute atomic E-state index is 0.0424. The first kappa shape index (κ1) is 16.4. The lowest BCUT2D eigenvalue weighted by molar-refractivity contribution is -0.122. The van der Waals surface area contributed by atoms with Crippen LogP contribution in [0.15, 0.2) is 47.5 Å². The lowest BCUT2D eigenvalue weighted by atomic mass is 10.2. The van der Waals surface area contributed by atoms with Gasteiger partial charge in [-0.2, -0.15) is 0 Å². The molecule has 0 saturated carbocycles. The second-order valence-electron chi connectivity index (χ2n) is 5.77. The molecule has 8 heteroatoms. The summed E-state index contributed by atoms with van der Waals surface area (Å²) in [5.74, 6) is -0.339. The number of benzene rings is 1. The molecule has 1 N–H and O–H groups in total. The molecule has 0 bridgehead atoms. The highest BCUT2D eigenvalue weighted by molar-refractivity contribution is 7.91. The van der Waals surface area contributed by atoms with Gasteiger partial charge in [0.05, 0.1) is 23.4 Å². The van der Waals surface area contributed by atoms with E-state index in [0.717, 1.165) is 5.56 Å². The summed E-state index contributed by atoms with van der Waals surface area (Å²) >= 11 is 0. The van der Waals surface area contributed by atoms with E-state index in [-0.39, 0.29) is 35.6 Å². The Labute approximate surface area is 139 Å². The molecule has 0 radical (unpaired) electrons. The van der Waals surface area contributed by atoms with Crippen molar-refractivity contribution in [2.75, 3.05) is 11.5 Å².